The lowest BCUT2D eigenvalue weighted by Crippen LogP contribution is -2.48. The maximum atomic E-state index is 12.0. The quantitative estimate of drug-likeness (QED) is 0.320. The lowest BCUT2D eigenvalue weighted by atomic mass is 10.1. The number of hydrazine groups is 1. The zero-order chi connectivity index (χ0) is 22.1. The minimum Gasteiger partial charge on any atom is -0.462 e. The first-order valence-corrected chi connectivity index (χ1v) is 9.65. The molecule has 8 nitrogen and oxygen atoms in total. The second kappa shape index (κ2) is 10.9. The molecular formula is C21H24N4O4S. The van der Waals surface area contributed by atoms with E-state index in [4.69, 9.17) is 16.6 Å². The third-order valence-electron chi connectivity index (χ3n) is 4.08. The Hall–Kier alpha value is -3.46. The van der Waals surface area contributed by atoms with E-state index in [1.54, 1.807) is 19.1 Å². The zero-order valence-electron chi connectivity index (χ0n) is 17.0. The van der Waals surface area contributed by atoms with E-state index in [1.165, 1.54) is 12.2 Å². The Bertz CT molecular complexity index is 981. The van der Waals surface area contributed by atoms with Crippen LogP contribution in [0.1, 0.15) is 35.5 Å². The number of anilines is 1. The van der Waals surface area contributed by atoms with Crippen molar-refractivity contribution in [1.82, 2.24) is 16.2 Å². The number of hydrogen-bond acceptors (Lipinski definition) is 5. The molecule has 2 rings (SSSR count). The van der Waals surface area contributed by atoms with Crippen LogP contribution in [0.3, 0.4) is 0 Å². The Morgan fingerprint density at radius 2 is 1.70 bits per heavy atom. The van der Waals surface area contributed by atoms with Crippen LogP contribution < -0.4 is 21.5 Å². The van der Waals surface area contributed by atoms with E-state index < -0.39 is 11.8 Å². The summed E-state index contributed by atoms with van der Waals surface area (Å²) in [5.74, 6) is 0.0705. The van der Waals surface area contributed by atoms with Crippen molar-refractivity contribution in [3.05, 3.63) is 59.1 Å². The molecule has 158 valence electrons. The fourth-order valence-electron chi connectivity index (χ4n) is 2.34. The average Bonchev–Trinajstić information content (AvgIpc) is 3.11. The highest BCUT2D eigenvalue weighted by molar-refractivity contribution is 7.80. The molecule has 0 fully saturated rings. The molecule has 0 spiro atoms. The number of furan rings is 1. The number of benzene rings is 1. The van der Waals surface area contributed by atoms with Gasteiger partial charge in [-0.15, -0.1) is 0 Å². The molecule has 0 radical (unpaired) electrons. The number of hydrogen-bond donors (Lipinski definition) is 4. The Kier molecular flexibility index (Phi) is 8.30. The first-order chi connectivity index (χ1) is 14.2. The van der Waals surface area contributed by atoms with Gasteiger partial charge >= 0.3 is 0 Å². The van der Waals surface area contributed by atoms with Crippen molar-refractivity contribution < 1.29 is 18.8 Å². The number of thiocarbonyl (C=S) groups is 1. The van der Waals surface area contributed by atoms with E-state index in [1.807, 2.05) is 32.0 Å². The van der Waals surface area contributed by atoms with Crippen LogP contribution in [0.4, 0.5) is 5.69 Å². The number of amides is 3. The van der Waals surface area contributed by atoms with Gasteiger partial charge in [0, 0.05) is 24.6 Å². The van der Waals surface area contributed by atoms with Crippen molar-refractivity contribution in [2.75, 3.05) is 5.32 Å². The highest BCUT2D eigenvalue weighted by Gasteiger charge is 2.09. The van der Waals surface area contributed by atoms with Crippen LogP contribution in [0.2, 0.25) is 0 Å². The molecule has 4 N–H and O–H groups in total. The second-order valence-corrected chi connectivity index (χ2v) is 7.03. The van der Waals surface area contributed by atoms with Crippen molar-refractivity contribution in [3.63, 3.8) is 0 Å². The van der Waals surface area contributed by atoms with Gasteiger partial charge in [0.1, 0.15) is 11.5 Å². The summed E-state index contributed by atoms with van der Waals surface area (Å²) < 4.78 is 5.31. The fourth-order valence-corrected chi connectivity index (χ4v) is 2.50. The normalized spacial score (nSPS) is 10.5. The minimum absolute atomic E-state index is 0.00482. The minimum atomic E-state index is -0.483. The summed E-state index contributed by atoms with van der Waals surface area (Å²) in [6.45, 7) is 5.74. The first-order valence-electron chi connectivity index (χ1n) is 9.24. The summed E-state index contributed by atoms with van der Waals surface area (Å²) in [5, 5.41) is 5.05. The van der Waals surface area contributed by atoms with E-state index in [2.05, 4.69) is 21.5 Å². The first kappa shape index (κ1) is 22.8. The predicted octanol–water partition coefficient (Wildman–Crippen LogP) is 2.66. The topological polar surface area (TPSA) is 112 Å². The largest absolute Gasteiger partial charge is 0.462 e. The van der Waals surface area contributed by atoms with Gasteiger partial charge in [0.25, 0.3) is 0 Å². The fraction of sp³-hybridized carbons (Fsp3) is 0.238. The van der Waals surface area contributed by atoms with Gasteiger partial charge in [0.15, 0.2) is 5.11 Å². The molecule has 1 heterocycles. The maximum Gasteiger partial charge on any atom is 0.250 e. The summed E-state index contributed by atoms with van der Waals surface area (Å²) >= 11 is 4.93. The summed E-state index contributed by atoms with van der Waals surface area (Å²) in [5.41, 5.74) is 7.63. The monoisotopic (exact) mass is 428 g/mol. The van der Waals surface area contributed by atoms with Crippen molar-refractivity contribution in [2.24, 2.45) is 0 Å². The molecule has 0 aliphatic rings. The molecule has 0 saturated heterocycles. The molecule has 0 unspecified atom stereocenters. The Balaban J connectivity index is 1.66. The number of rotatable bonds is 6. The van der Waals surface area contributed by atoms with E-state index in [-0.39, 0.29) is 23.9 Å². The van der Waals surface area contributed by atoms with Crippen LogP contribution in [0.25, 0.3) is 6.08 Å². The van der Waals surface area contributed by atoms with E-state index >= 15 is 0 Å². The lowest BCUT2D eigenvalue weighted by molar-refractivity contribution is -0.124. The van der Waals surface area contributed by atoms with Crippen LogP contribution in [0, 0.1) is 20.8 Å². The Morgan fingerprint density at radius 1 is 0.967 bits per heavy atom. The number of aryl methyl sites for hydroxylation is 3. The van der Waals surface area contributed by atoms with Gasteiger partial charge in [-0.3, -0.25) is 30.6 Å². The van der Waals surface area contributed by atoms with Crippen LogP contribution in [0.15, 0.2) is 40.8 Å². The van der Waals surface area contributed by atoms with Crippen molar-refractivity contribution >= 4 is 46.8 Å². The van der Waals surface area contributed by atoms with Crippen LogP contribution in [-0.2, 0) is 14.4 Å². The van der Waals surface area contributed by atoms with Crippen molar-refractivity contribution in [3.8, 4) is 0 Å². The second-order valence-electron chi connectivity index (χ2n) is 6.62. The molecule has 30 heavy (non-hydrogen) atoms. The maximum absolute atomic E-state index is 12.0. The Morgan fingerprint density at radius 3 is 2.37 bits per heavy atom. The van der Waals surface area contributed by atoms with Crippen molar-refractivity contribution in [2.45, 2.75) is 33.6 Å². The van der Waals surface area contributed by atoms with Crippen LogP contribution in [0.5, 0.6) is 0 Å². The van der Waals surface area contributed by atoms with Crippen LogP contribution >= 0.6 is 12.2 Å². The number of carbonyl (C=O) groups is 3. The van der Waals surface area contributed by atoms with Gasteiger partial charge in [-0.1, -0.05) is 6.07 Å². The molecule has 1 aromatic carbocycles. The van der Waals surface area contributed by atoms with Crippen molar-refractivity contribution in [1.29, 1.82) is 0 Å². The van der Waals surface area contributed by atoms with E-state index in [0.717, 1.165) is 16.9 Å². The summed E-state index contributed by atoms with van der Waals surface area (Å²) in [7, 11) is 0. The molecule has 1 aromatic heterocycles. The molecular weight excluding hydrogens is 404 g/mol. The van der Waals surface area contributed by atoms with Gasteiger partial charge < -0.3 is 9.73 Å². The van der Waals surface area contributed by atoms with Gasteiger partial charge in [-0.05, 0) is 74.5 Å². The third kappa shape index (κ3) is 7.88. The van der Waals surface area contributed by atoms with Crippen LogP contribution in [-0.4, -0.2) is 22.8 Å². The molecule has 0 aliphatic heterocycles. The molecule has 0 aliphatic carbocycles. The van der Waals surface area contributed by atoms with E-state index in [0.29, 0.717) is 11.4 Å². The molecule has 2 aromatic rings. The highest BCUT2D eigenvalue weighted by atomic mass is 32.1. The van der Waals surface area contributed by atoms with Gasteiger partial charge in [-0.25, -0.2) is 0 Å². The third-order valence-corrected chi connectivity index (χ3v) is 4.29. The number of nitrogens with one attached hydrogen (secondary N) is 4. The molecule has 3 amide bonds. The lowest BCUT2D eigenvalue weighted by Gasteiger charge is -2.10. The Labute approximate surface area is 180 Å². The van der Waals surface area contributed by atoms with E-state index in [9.17, 15) is 14.4 Å². The summed E-state index contributed by atoms with van der Waals surface area (Å²) in [6.07, 6.45) is 2.71. The molecule has 0 atom stereocenters. The zero-order valence-corrected chi connectivity index (χ0v) is 17.8. The SMILES string of the molecule is Cc1ccc(C=CC(=O)NC(=S)NNC(=O)CCC(=O)Nc2ccc(C)c(C)c2)o1. The average molecular weight is 429 g/mol. The standard InChI is InChI=1S/C21H24N4O4S/c1-13-4-6-16(12-14(13)2)22-18(26)10-11-20(28)24-25-21(30)23-19(27)9-8-17-7-5-15(3)29-17/h4-9,12H,10-11H2,1-3H3,(H,22,26)(H,24,28)(H2,23,25,27,30). The highest BCUT2D eigenvalue weighted by Crippen LogP contribution is 2.14. The molecule has 0 bridgehead atoms. The predicted molar refractivity (Wildman–Crippen MR) is 118 cm³/mol. The molecule has 0 saturated carbocycles. The number of carbonyl (C=O) groups excluding carboxylic acids is 3. The van der Waals surface area contributed by atoms with Gasteiger partial charge in [-0.2, -0.15) is 0 Å². The molecule has 9 heteroatoms. The van der Waals surface area contributed by atoms with Gasteiger partial charge in [0.05, 0.1) is 0 Å². The van der Waals surface area contributed by atoms with Gasteiger partial charge in [0.2, 0.25) is 17.7 Å². The summed E-state index contributed by atoms with van der Waals surface area (Å²) in [4.78, 5) is 35.6. The summed E-state index contributed by atoms with van der Waals surface area (Å²) in [6, 6.07) is 9.11. The smallest absolute Gasteiger partial charge is 0.250 e.